The van der Waals surface area contributed by atoms with Gasteiger partial charge in [0.2, 0.25) is 0 Å². The summed E-state index contributed by atoms with van der Waals surface area (Å²) < 4.78 is 0. The molecule has 0 bridgehead atoms. The van der Waals surface area contributed by atoms with Crippen LogP contribution in [-0.2, 0) is 13.1 Å². The highest BCUT2D eigenvalue weighted by Gasteiger charge is 2.20. The van der Waals surface area contributed by atoms with Crippen molar-refractivity contribution in [2.75, 3.05) is 11.9 Å². The Morgan fingerprint density at radius 2 is 1.90 bits per heavy atom. The fourth-order valence-corrected chi connectivity index (χ4v) is 2.32. The highest BCUT2D eigenvalue weighted by Crippen LogP contribution is 2.23. The van der Waals surface area contributed by atoms with E-state index in [1.165, 1.54) is 29.7 Å². The lowest BCUT2D eigenvalue weighted by Crippen LogP contribution is -2.21. The van der Waals surface area contributed by atoms with Crippen molar-refractivity contribution >= 4 is 5.69 Å². The molecule has 0 aromatic carbocycles. The first kappa shape index (κ1) is 13.1. The molecule has 0 atom stereocenters. The molecular weight excluding hydrogens is 248 g/mol. The van der Waals surface area contributed by atoms with Gasteiger partial charge in [-0.1, -0.05) is 0 Å². The van der Waals surface area contributed by atoms with Gasteiger partial charge in [-0.05, 0) is 36.6 Å². The minimum atomic E-state index is 0.716. The molecule has 2 heterocycles. The largest absolute Gasteiger partial charge is 0.370 e. The van der Waals surface area contributed by atoms with Crippen molar-refractivity contribution in [3.05, 3.63) is 54.1 Å². The van der Waals surface area contributed by atoms with Gasteiger partial charge in [0.1, 0.15) is 0 Å². The Morgan fingerprint density at radius 3 is 2.65 bits per heavy atom. The van der Waals surface area contributed by atoms with Crippen LogP contribution in [0.3, 0.4) is 0 Å². The Balaban J connectivity index is 1.71. The van der Waals surface area contributed by atoms with Crippen molar-refractivity contribution in [1.29, 1.82) is 0 Å². The maximum Gasteiger partial charge on any atom is 0.0443 e. The predicted octanol–water partition coefficient (Wildman–Crippen LogP) is 2.37. The van der Waals surface area contributed by atoms with E-state index < -0.39 is 0 Å². The molecule has 0 unspecified atom stereocenters. The summed E-state index contributed by atoms with van der Waals surface area (Å²) in [5.41, 5.74) is 3.77. The summed E-state index contributed by atoms with van der Waals surface area (Å²) in [4.78, 5) is 10.6. The zero-order chi connectivity index (χ0) is 13.8. The van der Waals surface area contributed by atoms with Gasteiger partial charge in [-0.15, -0.1) is 0 Å². The molecule has 1 aliphatic carbocycles. The highest BCUT2D eigenvalue weighted by atomic mass is 15.1. The molecule has 0 amide bonds. The quantitative estimate of drug-likeness (QED) is 0.873. The molecule has 1 fully saturated rings. The maximum atomic E-state index is 4.26. The number of pyridine rings is 2. The molecule has 1 saturated carbocycles. The SMILES string of the molecule is CN(Cc1ccncc1)c1ccncc1CNC1CC1. The summed E-state index contributed by atoms with van der Waals surface area (Å²) in [6.45, 7) is 1.78. The molecule has 20 heavy (non-hydrogen) atoms. The van der Waals surface area contributed by atoms with Crippen LogP contribution in [0.25, 0.3) is 0 Å². The second-order valence-corrected chi connectivity index (χ2v) is 5.37. The first-order valence-electron chi connectivity index (χ1n) is 7.09. The van der Waals surface area contributed by atoms with Crippen LogP contribution >= 0.6 is 0 Å². The molecule has 4 heteroatoms. The molecule has 0 radical (unpaired) electrons. The summed E-state index contributed by atoms with van der Waals surface area (Å²) in [6, 6.07) is 6.92. The minimum absolute atomic E-state index is 0.716. The van der Waals surface area contributed by atoms with Crippen molar-refractivity contribution in [3.8, 4) is 0 Å². The van der Waals surface area contributed by atoms with E-state index in [1.54, 1.807) is 0 Å². The van der Waals surface area contributed by atoms with Crippen LogP contribution in [0.5, 0.6) is 0 Å². The molecule has 0 spiro atoms. The number of hydrogen-bond acceptors (Lipinski definition) is 4. The summed E-state index contributed by atoms with van der Waals surface area (Å²) in [5, 5.41) is 3.56. The van der Waals surface area contributed by atoms with Crippen molar-refractivity contribution < 1.29 is 0 Å². The second-order valence-electron chi connectivity index (χ2n) is 5.37. The third kappa shape index (κ3) is 3.33. The van der Waals surface area contributed by atoms with E-state index in [-0.39, 0.29) is 0 Å². The highest BCUT2D eigenvalue weighted by molar-refractivity contribution is 5.52. The summed E-state index contributed by atoms with van der Waals surface area (Å²) in [7, 11) is 2.12. The first-order valence-corrected chi connectivity index (χ1v) is 7.09. The van der Waals surface area contributed by atoms with Crippen LogP contribution in [0.15, 0.2) is 43.0 Å². The lowest BCUT2D eigenvalue weighted by atomic mass is 10.2. The van der Waals surface area contributed by atoms with Crippen molar-refractivity contribution in [2.24, 2.45) is 0 Å². The fraction of sp³-hybridized carbons (Fsp3) is 0.375. The van der Waals surface area contributed by atoms with E-state index in [0.717, 1.165) is 13.1 Å². The number of nitrogens with zero attached hydrogens (tertiary/aromatic N) is 3. The van der Waals surface area contributed by atoms with Gasteiger partial charge >= 0.3 is 0 Å². The number of rotatable bonds is 6. The van der Waals surface area contributed by atoms with E-state index in [9.17, 15) is 0 Å². The van der Waals surface area contributed by atoms with Crippen LogP contribution in [-0.4, -0.2) is 23.1 Å². The Bertz CT molecular complexity index is 551. The molecule has 3 rings (SSSR count). The third-order valence-electron chi connectivity index (χ3n) is 3.62. The average Bonchev–Trinajstić information content (AvgIpc) is 3.31. The van der Waals surface area contributed by atoms with Gasteiger partial charge in [-0.3, -0.25) is 9.97 Å². The van der Waals surface area contributed by atoms with Crippen LogP contribution in [0.2, 0.25) is 0 Å². The van der Waals surface area contributed by atoms with Crippen molar-refractivity contribution in [1.82, 2.24) is 15.3 Å². The maximum absolute atomic E-state index is 4.26. The van der Waals surface area contributed by atoms with Gasteiger partial charge in [-0.2, -0.15) is 0 Å². The zero-order valence-electron chi connectivity index (χ0n) is 11.8. The van der Waals surface area contributed by atoms with E-state index in [2.05, 4.69) is 45.4 Å². The van der Waals surface area contributed by atoms with Gasteiger partial charge in [-0.25, -0.2) is 0 Å². The van der Waals surface area contributed by atoms with Crippen molar-refractivity contribution in [2.45, 2.75) is 32.0 Å². The van der Waals surface area contributed by atoms with E-state index in [0.29, 0.717) is 6.04 Å². The number of hydrogen-bond donors (Lipinski definition) is 1. The molecule has 0 aliphatic heterocycles. The minimum Gasteiger partial charge on any atom is -0.370 e. The molecule has 2 aromatic heterocycles. The Morgan fingerprint density at radius 1 is 1.15 bits per heavy atom. The molecule has 2 aromatic rings. The molecule has 0 saturated heterocycles. The molecule has 1 N–H and O–H groups in total. The van der Waals surface area contributed by atoms with Gasteiger partial charge in [0, 0.05) is 62.2 Å². The van der Waals surface area contributed by atoms with Crippen LogP contribution in [0.4, 0.5) is 5.69 Å². The summed E-state index contributed by atoms with van der Waals surface area (Å²) >= 11 is 0. The van der Waals surface area contributed by atoms with E-state index in [1.807, 2.05) is 24.8 Å². The van der Waals surface area contributed by atoms with Gasteiger partial charge in [0.15, 0.2) is 0 Å². The van der Waals surface area contributed by atoms with Crippen molar-refractivity contribution in [3.63, 3.8) is 0 Å². The second kappa shape index (κ2) is 6.01. The van der Waals surface area contributed by atoms with Gasteiger partial charge in [0.25, 0.3) is 0 Å². The normalized spacial score (nSPS) is 14.2. The van der Waals surface area contributed by atoms with Crippen LogP contribution in [0.1, 0.15) is 24.0 Å². The summed E-state index contributed by atoms with van der Waals surface area (Å²) in [6.07, 6.45) is 10.1. The average molecular weight is 268 g/mol. The first-order chi connectivity index (χ1) is 9.83. The topological polar surface area (TPSA) is 41.1 Å². The standard InChI is InChI=1S/C16H20N4/c1-20(12-13-4-7-17-8-5-13)16-6-9-18-10-14(16)11-19-15-2-3-15/h4-10,15,19H,2-3,11-12H2,1H3. The molecular formula is C16H20N4. The smallest absolute Gasteiger partial charge is 0.0443 e. The van der Waals surface area contributed by atoms with Crippen LogP contribution in [0, 0.1) is 0 Å². The lowest BCUT2D eigenvalue weighted by molar-refractivity contribution is 0.683. The molecule has 1 aliphatic rings. The number of nitrogens with one attached hydrogen (secondary N) is 1. The van der Waals surface area contributed by atoms with Crippen LogP contribution < -0.4 is 10.2 Å². The zero-order valence-corrected chi connectivity index (χ0v) is 11.8. The van der Waals surface area contributed by atoms with E-state index in [4.69, 9.17) is 0 Å². The molecule has 4 nitrogen and oxygen atoms in total. The Kier molecular flexibility index (Phi) is 3.92. The lowest BCUT2D eigenvalue weighted by Gasteiger charge is -2.22. The monoisotopic (exact) mass is 268 g/mol. The summed E-state index contributed by atoms with van der Waals surface area (Å²) in [5.74, 6) is 0. The number of anilines is 1. The van der Waals surface area contributed by atoms with Gasteiger partial charge < -0.3 is 10.2 Å². The third-order valence-corrected chi connectivity index (χ3v) is 3.62. The Labute approximate surface area is 119 Å². The predicted molar refractivity (Wildman–Crippen MR) is 80.4 cm³/mol. The van der Waals surface area contributed by atoms with E-state index >= 15 is 0 Å². The number of aromatic nitrogens is 2. The molecule has 104 valence electrons. The fourth-order valence-electron chi connectivity index (χ4n) is 2.32. The Hall–Kier alpha value is -1.94. The van der Waals surface area contributed by atoms with Gasteiger partial charge in [0.05, 0.1) is 0 Å².